The fourth-order valence-electron chi connectivity index (χ4n) is 17.9. The molecule has 14 atom stereocenters. The summed E-state index contributed by atoms with van der Waals surface area (Å²) in [6.45, 7) is 21.5. The van der Waals surface area contributed by atoms with Crippen LogP contribution in [-0.2, 0) is 0 Å². The first-order chi connectivity index (χ1) is 22.6. The molecule has 0 bridgehead atoms. The molecule has 47 heavy (non-hydrogen) atoms. The molecule has 0 nitrogen and oxygen atoms in total. The van der Waals surface area contributed by atoms with Gasteiger partial charge in [-0.2, -0.15) is 0 Å². The largest absolute Gasteiger partial charge is 0.0649 e. The average Bonchev–Trinajstić information content (AvgIpc) is 3.52. The molecule has 8 fully saturated rings. The zero-order valence-electron chi connectivity index (χ0n) is 32.9. The quantitative estimate of drug-likeness (QED) is 0.270. The smallest absolute Gasteiger partial charge is 0.0230 e. The van der Waals surface area contributed by atoms with Crippen LogP contribution in [0.5, 0.6) is 0 Å². The van der Waals surface area contributed by atoms with Crippen molar-refractivity contribution in [2.45, 2.75) is 190 Å². The van der Waals surface area contributed by atoms with Gasteiger partial charge in [-0.15, -0.1) is 0 Å². The summed E-state index contributed by atoms with van der Waals surface area (Å²) in [6, 6.07) is 0. The molecule has 8 aliphatic carbocycles. The summed E-state index contributed by atoms with van der Waals surface area (Å²) in [5.74, 6) is 14.8. The highest BCUT2D eigenvalue weighted by Crippen LogP contribution is 2.79. The number of hydrogen-bond acceptors (Lipinski definition) is 0. The lowest BCUT2D eigenvalue weighted by atomic mass is 9.46. The van der Waals surface area contributed by atoms with Crippen LogP contribution in [-0.4, -0.2) is 0 Å². The van der Waals surface area contributed by atoms with Gasteiger partial charge in [-0.3, -0.25) is 0 Å². The van der Waals surface area contributed by atoms with Crippen molar-refractivity contribution in [1.29, 1.82) is 0 Å². The van der Waals surface area contributed by atoms with Crippen LogP contribution in [0.1, 0.15) is 190 Å². The maximum Gasteiger partial charge on any atom is -0.0230 e. The number of hydrogen-bond donors (Lipinski definition) is 0. The third-order valence-electron chi connectivity index (χ3n) is 21.0. The SMILES string of the molecule is CCC(C)(CC)C1CC(C(C)(CC)CC)CC2(C1)C1CCC3CCCCC3C1C1C3C4C5CCCCC5CCC4C(C)(C)C3CCC12. The molecule has 0 aromatic carbocycles. The van der Waals surface area contributed by atoms with Crippen molar-refractivity contribution in [2.24, 2.45) is 105 Å². The molecule has 0 radical (unpaired) electrons. The minimum atomic E-state index is 0.528. The highest BCUT2D eigenvalue weighted by Gasteiger charge is 2.72. The van der Waals surface area contributed by atoms with Gasteiger partial charge in [-0.05, 0) is 175 Å². The summed E-state index contributed by atoms with van der Waals surface area (Å²) >= 11 is 0. The molecule has 8 aliphatic rings. The summed E-state index contributed by atoms with van der Waals surface area (Å²) in [5, 5.41) is 0. The third kappa shape index (κ3) is 4.89. The van der Waals surface area contributed by atoms with Gasteiger partial charge >= 0.3 is 0 Å². The second-order valence-corrected chi connectivity index (χ2v) is 21.7. The highest BCUT2D eigenvalue weighted by atomic mass is 14.8. The van der Waals surface area contributed by atoms with Gasteiger partial charge in [-0.1, -0.05) is 120 Å². The van der Waals surface area contributed by atoms with Gasteiger partial charge in [0.25, 0.3) is 0 Å². The Morgan fingerprint density at radius 3 is 1.38 bits per heavy atom. The molecular formula is C47H80. The summed E-state index contributed by atoms with van der Waals surface area (Å²) in [5.41, 5.74) is 2.29. The molecule has 0 N–H and O–H groups in total. The van der Waals surface area contributed by atoms with E-state index < -0.39 is 0 Å². The number of fused-ring (bicyclic) bond motifs is 13. The Labute approximate surface area is 293 Å². The second-order valence-electron chi connectivity index (χ2n) is 21.7. The first kappa shape index (κ1) is 34.1. The molecule has 0 aliphatic heterocycles. The van der Waals surface area contributed by atoms with Crippen molar-refractivity contribution in [1.82, 2.24) is 0 Å². The molecule has 0 amide bonds. The topological polar surface area (TPSA) is 0 Å². The monoisotopic (exact) mass is 645 g/mol. The molecule has 0 saturated heterocycles. The van der Waals surface area contributed by atoms with Crippen LogP contribution in [0.15, 0.2) is 0 Å². The van der Waals surface area contributed by atoms with E-state index in [-0.39, 0.29) is 0 Å². The molecule has 1 spiro atoms. The van der Waals surface area contributed by atoms with E-state index >= 15 is 0 Å². The average molecular weight is 645 g/mol. The zero-order chi connectivity index (χ0) is 32.9. The van der Waals surface area contributed by atoms with Gasteiger partial charge in [0, 0.05) is 0 Å². The van der Waals surface area contributed by atoms with Crippen LogP contribution >= 0.6 is 0 Å². The normalized spacial score (nSPS) is 50.6. The van der Waals surface area contributed by atoms with Crippen LogP contribution in [0.4, 0.5) is 0 Å². The minimum Gasteiger partial charge on any atom is -0.0649 e. The van der Waals surface area contributed by atoms with E-state index in [2.05, 4.69) is 55.4 Å². The maximum absolute atomic E-state index is 2.83. The van der Waals surface area contributed by atoms with E-state index in [1.54, 1.807) is 109 Å². The Balaban J connectivity index is 1.27. The molecule has 0 heteroatoms. The van der Waals surface area contributed by atoms with Gasteiger partial charge < -0.3 is 0 Å². The summed E-state index contributed by atoms with van der Waals surface area (Å²) in [7, 11) is 0. The lowest BCUT2D eigenvalue weighted by Crippen LogP contribution is -2.50. The Bertz CT molecular complexity index is 1080. The van der Waals surface area contributed by atoms with Crippen molar-refractivity contribution in [3.05, 3.63) is 0 Å². The summed E-state index contributed by atoms with van der Waals surface area (Å²) < 4.78 is 0. The summed E-state index contributed by atoms with van der Waals surface area (Å²) in [4.78, 5) is 0. The zero-order valence-corrected chi connectivity index (χ0v) is 32.9. The number of rotatable bonds is 6. The Kier molecular flexibility index (Phi) is 8.93. The van der Waals surface area contributed by atoms with E-state index in [4.69, 9.17) is 0 Å². The molecule has 0 aromatic heterocycles. The standard InChI is InChI=1S/C47H80/c1-9-45(7,10-2)32-27-33(46(8,11-3)12-4)29-47(28-32)38-24-22-31-18-14-16-20-35(31)41(38)43-39(47)26-25-37-42(43)40-34-19-15-13-17-30(34)21-23-36(40)44(37,5)6/h30-43H,9-29H2,1-8H3. The van der Waals surface area contributed by atoms with E-state index in [9.17, 15) is 0 Å². The first-order valence-corrected chi connectivity index (χ1v) is 22.6. The molecule has 8 saturated carbocycles. The van der Waals surface area contributed by atoms with E-state index in [0.717, 1.165) is 82.9 Å². The molecule has 0 heterocycles. The molecule has 8 rings (SSSR count). The molecule has 268 valence electrons. The second kappa shape index (κ2) is 12.3. The van der Waals surface area contributed by atoms with E-state index in [0.29, 0.717) is 21.7 Å². The fourth-order valence-corrected chi connectivity index (χ4v) is 17.9. The maximum atomic E-state index is 2.83. The van der Waals surface area contributed by atoms with Crippen molar-refractivity contribution in [2.75, 3.05) is 0 Å². The van der Waals surface area contributed by atoms with Crippen LogP contribution in [0, 0.1) is 105 Å². The highest BCUT2D eigenvalue weighted by molar-refractivity contribution is 5.21. The minimum absolute atomic E-state index is 0.528. The fraction of sp³-hybridized carbons (Fsp3) is 1.00. The Morgan fingerprint density at radius 2 is 0.851 bits per heavy atom. The predicted molar refractivity (Wildman–Crippen MR) is 201 cm³/mol. The van der Waals surface area contributed by atoms with Gasteiger partial charge in [0.1, 0.15) is 0 Å². The van der Waals surface area contributed by atoms with Crippen LogP contribution < -0.4 is 0 Å². The van der Waals surface area contributed by atoms with Gasteiger partial charge in [0.2, 0.25) is 0 Å². The van der Waals surface area contributed by atoms with Gasteiger partial charge in [-0.25, -0.2) is 0 Å². The Hall–Kier alpha value is 0. The van der Waals surface area contributed by atoms with Crippen LogP contribution in [0.3, 0.4) is 0 Å². The van der Waals surface area contributed by atoms with Crippen LogP contribution in [0.25, 0.3) is 0 Å². The molecule has 14 unspecified atom stereocenters. The van der Waals surface area contributed by atoms with Gasteiger partial charge in [0.15, 0.2) is 0 Å². The van der Waals surface area contributed by atoms with Crippen molar-refractivity contribution in [3.8, 4) is 0 Å². The lowest BCUT2D eigenvalue weighted by molar-refractivity contribution is -0.0929. The molecular weight excluding hydrogens is 565 g/mol. The van der Waals surface area contributed by atoms with Crippen molar-refractivity contribution < 1.29 is 0 Å². The predicted octanol–water partition coefficient (Wildman–Crippen LogP) is 14.0. The Morgan fingerprint density at radius 1 is 0.468 bits per heavy atom. The summed E-state index contributed by atoms with van der Waals surface area (Å²) in [6.07, 6.45) is 32.6. The van der Waals surface area contributed by atoms with Gasteiger partial charge in [0.05, 0.1) is 0 Å². The first-order valence-electron chi connectivity index (χ1n) is 22.6. The van der Waals surface area contributed by atoms with E-state index in [1.165, 1.54) is 25.7 Å². The van der Waals surface area contributed by atoms with Crippen molar-refractivity contribution >= 4 is 0 Å². The lowest BCUT2D eigenvalue weighted by Gasteiger charge is -2.59. The van der Waals surface area contributed by atoms with Crippen LogP contribution in [0.2, 0.25) is 0 Å². The molecule has 0 aromatic rings. The third-order valence-corrected chi connectivity index (χ3v) is 21.0. The van der Waals surface area contributed by atoms with Crippen molar-refractivity contribution in [3.63, 3.8) is 0 Å². The van der Waals surface area contributed by atoms with E-state index in [1.807, 2.05) is 0 Å².